The predicted octanol–water partition coefficient (Wildman–Crippen LogP) is 6.05. The molecule has 5 nitrogen and oxygen atoms in total. The number of aryl methyl sites for hydroxylation is 1. The molecule has 0 unspecified atom stereocenters. The summed E-state index contributed by atoms with van der Waals surface area (Å²) in [5.41, 5.74) is 5.00. The van der Waals surface area contributed by atoms with Crippen LogP contribution >= 0.6 is 11.3 Å². The Balaban J connectivity index is 1.49. The fourth-order valence-electron chi connectivity index (χ4n) is 3.24. The molecule has 2 heterocycles. The van der Waals surface area contributed by atoms with Crippen LogP contribution in [0.2, 0.25) is 0 Å². The SMILES string of the molecule is CCN(CC)c1ccc(N=Nc2ccc(-c3nc4ccc[n+](C)c4s3)cc2)cc1. The molecule has 0 saturated heterocycles. The number of azo groups is 1. The van der Waals surface area contributed by atoms with Crippen LogP contribution < -0.4 is 9.47 Å². The molecule has 0 N–H and O–H groups in total. The largest absolute Gasteiger partial charge is 0.372 e. The highest BCUT2D eigenvalue weighted by Gasteiger charge is 2.12. The van der Waals surface area contributed by atoms with Crippen molar-refractivity contribution in [2.24, 2.45) is 17.3 Å². The molecule has 0 aliphatic heterocycles. The summed E-state index contributed by atoms with van der Waals surface area (Å²) in [5.74, 6) is 0. The highest BCUT2D eigenvalue weighted by molar-refractivity contribution is 7.20. The van der Waals surface area contributed by atoms with Crippen LogP contribution in [-0.4, -0.2) is 18.1 Å². The van der Waals surface area contributed by atoms with Crippen LogP contribution in [0, 0.1) is 0 Å². The first-order chi connectivity index (χ1) is 14.2. The van der Waals surface area contributed by atoms with Crippen molar-refractivity contribution in [3.8, 4) is 10.6 Å². The van der Waals surface area contributed by atoms with E-state index in [1.54, 1.807) is 11.3 Å². The molecule has 29 heavy (non-hydrogen) atoms. The van der Waals surface area contributed by atoms with Crippen molar-refractivity contribution < 1.29 is 4.57 Å². The van der Waals surface area contributed by atoms with Gasteiger partial charge in [0.05, 0.1) is 11.4 Å². The molecule has 0 bridgehead atoms. The average Bonchev–Trinajstić information content (AvgIpc) is 3.20. The first kappa shape index (κ1) is 19.2. The number of rotatable bonds is 6. The number of thiazole rings is 1. The first-order valence-electron chi connectivity index (χ1n) is 9.80. The molecule has 0 radical (unpaired) electrons. The van der Waals surface area contributed by atoms with Crippen LogP contribution in [0.5, 0.6) is 0 Å². The zero-order valence-electron chi connectivity index (χ0n) is 16.9. The van der Waals surface area contributed by atoms with Crippen LogP contribution in [0.4, 0.5) is 17.1 Å². The summed E-state index contributed by atoms with van der Waals surface area (Å²) in [5, 5.41) is 9.75. The van der Waals surface area contributed by atoms with Crippen molar-refractivity contribution in [1.82, 2.24) is 4.98 Å². The molecule has 6 heteroatoms. The van der Waals surface area contributed by atoms with E-state index in [2.05, 4.69) is 57.8 Å². The number of fused-ring (bicyclic) bond motifs is 1. The topological polar surface area (TPSA) is 44.7 Å². The first-order valence-corrected chi connectivity index (χ1v) is 10.6. The van der Waals surface area contributed by atoms with Crippen molar-refractivity contribution in [2.75, 3.05) is 18.0 Å². The van der Waals surface area contributed by atoms with Gasteiger partial charge in [0.1, 0.15) is 17.6 Å². The van der Waals surface area contributed by atoms with Gasteiger partial charge in [-0.1, -0.05) is 0 Å². The summed E-state index contributed by atoms with van der Waals surface area (Å²) in [6, 6.07) is 20.3. The molecule has 0 saturated carbocycles. The van der Waals surface area contributed by atoms with Gasteiger partial charge in [0.2, 0.25) is 0 Å². The number of nitrogens with zero attached hydrogens (tertiary/aromatic N) is 5. The lowest BCUT2D eigenvalue weighted by Gasteiger charge is -2.20. The molecule has 2 aromatic carbocycles. The molecule has 0 atom stereocenters. The van der Waals surface area contributed by atoms with Gasteiger partial charge in [0.15, 0.2) is 6.20 Å². The maximum absolute atomic E-state index is 4.74. The average molecular weight is 403 g/mol. The smallest absolute Gasteiger partial charge is 0.289 e. The van der Waals surface area contributed by atoms with Gasteiger partial charge in [0, 0.05) is 30.4 Å². The highest BCUT2D eigenvalue weighted by atomic mass is 32.1. The standard InChI is InChI=1S/C23H24N5S/c1-4-28(5-2)20-14-12-19(13-15-20)26-25-18-10-8-17(9-11-18)22-24-21-7-6-16-27(3)23(21)29-22/h6-16H,4-5H2,1-3H3/q+1. The predicted molar refractivity (Wildman–Crippen MR) is 120 cm³/mol. The van der Waals surface area contributed by atoms with E-state index in [4.69, 9.17) is 4.98 Å². The third kappa shape index (κ3) is 4.17. The molecule has 0 aliphatic rings. The minimum atomic E-state index is 0.827. The summed E-state index contributed by atoms with van der Waals surface area (Å²) < 4.78 is 2.10. The van der Waals surface area contributed by atoms with Crippen LogP contribution in [0.1, 0.15) is 13.8 Å². The quantitative estimate of drug-likeness (QED) is 0.291. The molecule has 146 valence electrons. The molecule has 0 aliphatic carbocycles. The lowest BCUT2D eigenvalue weighted by molar-refractivity contribution is -0.642. The number of hydrogen-bond acceptors (Lipinski definition) is 5. The summed E-state index contributed by atoms with van der Waals surface area (Å²) in [6.45, 7) is 6.32. The van der Waals surface area contributed by atoms with Crippen molar-refractivity contribution in [1.29, 1.82) is 0 Å². The second-order valence-electron chi connectivity index (χ2n) is 6.76. The maximum atomic E-state index is 4.74. The third-order valence-corrected chi connectivity index (χ3v) is 6.10. The summed E-state index contributed by atoms with van der Waals surface area (Å²) >= 11 is 1.69. The lowest BCUT2D eigenvalue weighted by Crippen LogP contribution is -2.26. The van der Waals surface area contributed by atoms with E-state index < -0.39 is 0 Å². The molecule has 0 spiro atoms. The Kier molecular flexibility index (Phi) is 5.62. The molecule has 0 fully saturated rings. The Bertz CT molecular complexity index is 1130. The van der Waals surface area contributed by atoms with Crippen molar-refractivity contribution in [3.63, 3.8) is 0 Å². The van der Waals surface area contributed by atoms with E-state index in [0.29, 0.717) is 0 Å². The Hall–Kier alpha value is -3.12. The van der Waals surface area contributed by atoms with E-state index in [1.807, 2.05) is 49.6 Å². The zero-order chi connectivity index (χ0) is 20.2. The van der Waals surface area contributed by atoms with Gasteiger partial charge in [-0.25, -0.2) is 4.98 Å². The second kappa shape index (κ2) is 8.49. The Morgan fingerprint density at radius 2 is 1.52 bits per heavy atom. The highest BCUT2D eigenvalue weighted by Crippen LogP contribution is 2.30. The Morgan fingerprint density at radius 3 is 2.10 bits per heavy atom. The summed E-state index contributed by atoms with van der Waals surface area (Å²) in [4.78, 5) is 8.22. The summed E-state index contributed by atoms with van der Waals surface area (Å²) in [6.07, 6.45) is 2.04. The zero-order valence-corrected chi connectivity index (χ0v) is 17.7. The molecule has 2 aromatic heterocycles. The van der Waals surface area contributed by atoms with Crippen LogP contribution in [0.15, 0.2) is 77.1 Å². The lowest BCUT2D eigenvalue weighted by atomic mass is 10.2. The normalized spacial score (nSPS) is 11.4. The van der Waals surface area contributed by atoms with Gasteiger partial charge < -0.3 is 4.90 Å². The van der Waals surface area contributed by atoms with Crippen LogP contribution in [0.25, 0.3) is 20.9 Å². The molecular weight excluding hydrogens is 378 g/mol. The molecule has 0 amide bonds. The van der Waals surface area contributed by atoms with E-state index in [9.17, 15) is 0 Å². The van der Waals surface area contributed by atoms with E-state index in [1.165, 1.54) is 10.5 Å². The number of aromatic nitrogens is 2. The number of benzene rings is 2. The van der Waals surface area contributed by atoms with Crippen molar-refractivity contribution >= 4 is 38.7 Å². The van der Waals surface area contributed by atoms with E-state index in [0.717, 1.165) is 40.6 Å². The van der Waals surface area contributed by atoms with Crippen molar-refractivity contribution in [3.05, 3.63) is 66.9 Å². The molecule has 4 aromatic rings. The summed E-state index contributed by atoms with van der Waals surface area (Å²) in [7, 11) is 2.04. The van der Waals surface area contributed by atoms with Gasteiger partial charge >= 0.3 is 0 Å². The van der Waals surface area contributed by atoms with Gasteiger partial charge in [-0.15, -0.1) is 0 Å². The number of pyridine rings is 1. The Labute approximate surface area is 175 Å². The fourth-order valence-corrected chi connectivity index (χ4v) is 4.25. The third-order valence-electron chi connectivity index (χ3n) is 4.89. The van der Waals surface area contributed by atoms with Crippen LogP contribution in [0.3, 0.4) is 0 Å². The van der Waals surface area contributed by atoms with Gasteiger partial charge in [-0.2, -0.15) is 14.8 Å². The van der Waals surface area contributed by atoms with Gasteiger partial charge in [-0.05, 0) is 79.8 Å². The maximum Gasteiger partial charge on any atom is 0.289 e. The molecule has 4 rings (SSSR count). The number of hydrogen-bond donors (Lipinski definition) is 0. The number of anilines is 1. The fraction of sp³-hybridized carbons (Fsp3) is 0.217. The van der Waals surface area contributed by atoms with Gasteiger partial charge in [-0.3, -0.25) is 0 Å². The monoisotopic (exact) mass is 402 g/mol. The van der Waals surface area contributed by atoms with Gasteiger partial charge in [0.25, 0.3) is 4.83 Å². The van der Waals surface area contributed by atoms with E-state index >= 15 is 0 Å². The van der Waals surface area contributed by atoms with E-state index in [-0.39, 0.29) is 0 Å². The minimum absolute atomic E-state index is 0.827. The Morgan fingerprint density at radius 1 is 0.897 bits per heavy atom. The molecular formula is C23H24N5S+. The van der Waals surface area contributed by atoms with Crippen molar-refractivity contribution in [2.45, 2.75) is 13.8 Å². The minimum Gasteiger partial charge on any atom is -0.372 e. The van der Waals surface area contributed by atoms with Crippen LogP contribution in [-0.2, 0) is 7.05 Å². The second-order valence-corrected chi connectivity index (χ2v) is 7.74.